The van der Waals surface area contributed by atoms with E-state index in [1.165, 1.54) is 12.1 Å². The first-order valence-corrected chi connectivity index (χ1v) is 8.96. The van der Waals surface area contributed by atoms with Crippen molar-refractivity contribution in [2.24, 2.45) is 0 Å². The highest BCUT2D eigenvalue weighted by atomic mass is 35.5. The number of carbonyl (C=O) groups excluding carboxylic acids is 2. The van der Waals surface area contributed by atoms with Gasteiger partial charge >= 0.3 is 0 Å². The summed E-state index contributed by atoms with van der Waals surface area (Å²) in [6.07, 6.45) is 1.00. The second kappa shape index (κ2) is 10.6. The Morgan fingerprint density at radius 1 is 1.29 bits per heavy atom. The SMILES string of the molecule is Cc1ccc(C(=O)NCC[C@H](O)CNC(=O)COc2ccc(Cl)c(F)c2)nc1. The van der Waals surface area contributed by atoms with Crippen LogP contribution in [0.1, 0.15) is 22.5 Å². The zero-order valence-corrected chi connectivity index (χ0v) is 16.0. The minimum absolute atomic E-state index is 0.00414. The maximum Gasteiger partial charge on any atom is 0.269 e. The van der Waals surface area contributed by atoms with Crippen LogP contribution in [-0.4, -0.2) is 47.7 Å². The number of benzene rings is 1. The van der Waals surface area contributed by atoms with Crippen molar-refractivity contribution >= 4 is 23.4 Å². The molecule has 0 saturated heterocycles. The summed E-state index contributed by atoms with van der Waals surface area (Å²) in [6.45, 7) is 1.77. The average Bonchev–Trinajstić information content (AvgIpc) is 2.67. The van der Waals surface area contributed by atoms with E-state index >= 15 is 0 Å². The molecule has 0 radical (unpaired) electrons. The van der Waals surface area contributed by atoms with Gasteiger partial charge in [0.15, 0.2) is 6.61 Å². The molecule has 1 aromatic carbocycles. The number of aromatic nitrogens is 1. The number of rotatable bonds is 9. The third-order valence-electron chi connectivity index (χ3n) is 3.70. The Kier molecular flexibility index (Phi) is 8.16. The van der Waals surface area contributed by atoms with Crippen molar-refractivity contribution in [3.63, 3.8) is 0 Å². The Bertz CT molecular complexity index is 817. The molecule has 0 bridgehead atoms. The van der Waals surface area contributed by atoms with E-state index in [4.69, 9.17) is 16.3 Å². The maximum atomic E-state index is 13.3. The van der Waals surface area contributed by atoms with Gasteiger partial charge in [-0.1, -0.05) is 17.7 Å². The summed E-state index contributed by atoms with van der Waals surface area (Å²) in [5.41, 5.74) is 1.25. The van der Waals surface area contributed by atoms with Gasteiger partial charge in [0.25, 0.3) is 11.8 Å². The molecular weight excluding hydrogens is 389 g/mol. The van der Waals surface area contributed by atoms with Gasteiger partial charge in [-0.3, -0.25) is 14.6 Å². The van der Waals surface area contributed by atoms with Crippen LogP contribution in [0.3, 0.4) is 0 Å². The number of pyridine rings is 1. The van der Waals surface area contributed by atoms with Crippen LogP contribution in [0.2, 0.25) is 5.02 Å². The van der Waals surface area contributed by atoms with Gasteiger partial charge in [0.1, 0.15) is 17.3 Å². The van der Waals surface area contributed by atoms with Crippen molar-refractivity contribution < 1.29 is 23.8 Å². The average molecular weight is 410 g/mol. The van der Waals surface area contributed by atoms with Crippen LogP contribution < -0.4 is 15.4 Å². The summed E-state index contributed by atoms with van der Waals surface area (Å²) < 4.78 is 18.4. The quantitative estimate of drug-likeness (QED) is 0.587. The summed E-state index contributed by atoms with van der Waals surface area (Å²) in [7, 11) is 0. The first-order valence-electron chi connectivity index (χ1n) is 8.58. The molecule has 0 aliphatic rings. The molecule has 3 N–H and O–H groups in total. The van der Waals surface area contributed by atoms with E-state index in [1.54, 1.807) is 18.3 Å². The van der Waals surface area contributed by atoms with Gasteiger partial charge in [-0.25, -0.2) is 4.39 Å². The summed E-state index contributed by atoms with van der Waals surface area (Å²) >= 11 is 5.56. The highest BCUT2D eigenvalue weighted by Crippen LogP contribution is 2.20. The second-order valence-electron chi connectivity index (χ2n) is 6.09. The molecule has 1 atom stereocenters. The first-order chi connectivity index (χ1) is 13.3. The molecular formula is C19H21ClFN3O4. The lowest BCUT2D eigenvalue weighted by molar-refractivity contribution is -0.123. The van der Waals surface area contributed by atoms with Crippen LogP contribution in [0.25, 0.3) is 0 Å². The minimum Gasteiger partial charge on any atom is -0.484 e. The number of aliphatic hydroxyl groups excluding tert-OH is 1. The highest BCUT2D eigenvalue weighted by molar-refractivity contribution is 6.30. The predicted octanol–water partition coefficient (Wildman–Crippen LogP) is 1.86. The van der Waals surface area contributed by atoms with Crippen molar-refractivity contribution in [2.45, 2.75) is 19.4 Å². The largest absolute Gasteiger partial charge is 0.484 e. The van der Waals surface area contributed by atoms with E-state index in [0.717, 1.165) is 11.6 Å². The van der Waals surface area contributed by atoms with E-state index in [0.29, 0.717) is 5.69 Å². The van der Waals surface area contributed by atoms with E-state index in [9.17, 15) is 19.1 Å². The molecule has 28 heavy (non-hydrogen) atoms. The van der Waals surface area contributed by atoms with Crippen molar-refractivity contribution in [2.75, 3.05) is 19.7 Å². The monoisotopic (exact) mass is 409 g/mol. The standard InChI is InChI=1S/C19H21ClFN3O4/c1-12-2-5-17(23-9-12)19(27)22-7-6-13(25)10-24-18(26)11-28-14-3-4-15(20)16(21)8-14/h2-5,8-9,13,25H,6-7,10-11H2,1H3,(H,22,27)(H,24,26)/t13-/m0/s1. The Labute approximate surface area is 166 Å². The Morgan fingerprint density at radius 2 is 2.07 bits per heavy atom. The molecule has 0 aliphatic carbocycles. The zero-order chi connectivity index (χ0) is 20.5. The van der Waals surface area contributed by atoms with Crippen molar-refractivity contribution in [3.8, 4) is 5.75 Å². The molecule has 0 aliphatic heterocycles. The molecule has 1 heterocycles. The third-order valence-corrected chi connectivity index (χ3v) is 4.01. The van der Waals surface area contributed by atoms with E-state index < -0.39 is 17.8 Å². The maximum absolute atomic E-state index is 13.3. The molecule has 0 saturated carbocycles. The fourth-order valence-electron chi connectivity index (χ4n) is 2.15. The van der Waals surface area contributed by atoms with Gasteiger partial charge < -0.3 is 20.5 Å². The summed E-state index contributed by atoms with van der Waals surface area (Å²) in [5.74, 6) is -1.27. The summed E-state index contributed by atoms with van der Waals surface area (Å²) in [6, 6.07) is 7.25. The van der Waals surface area contributed by atoms with Gasteiger partial charge in [0, 0.05) is 25.4 Å². The van der Waals surface area contributed by atoms with Gasteiger partial charge in [0.05, 0.1) is 11.1 Å². The number of hydrogen-bond donors (Lipinski definition) is 3. The van der Waals surface area contributed by atoms with Crippen LogP contribution >= 0.6 is 11.6 Å². The molecule has 150 valence electrons. The van der Waals surface area contributed by atoms with Crippen molar-refractivity contribution in [1.82, 2.24) is 15.6 Å². The van der Waals surface area contributed by atoms with E-state index in [-0.39, 0.29) is 42.8 Å². The highest BCUT2D eigenvalue weighted by Gasteiger charge is 2.11. The number of halogens is 2. The predicted molar refractivity (Wildman–Crippen MR) is 102 cm³/mol. The molecule has 0 spiro atoms. The zero-order valence-electron chi connectivity index (χ0n) is 15.2. The fraction of sp³-hybridized carbons (Fsp3) is 0.316. The van der Waals surface area contributed by atoms with Crippen LogP contribution in [-0.2, 0) is 4.79 Å². The van der Waals surface area contributed by atoms with Crippen LogP contribution in [0.5, 0.6) is 5.75 Å². The molecule has 2 aromatic rings. The molecule has 2 rings (SSSR count). The number of carbonyl (C=O) groups is 2. The number of aliphatic hydroxyl groups is 1. The van der Waals surface area contributed by atoms with Crippen LogP contribution in [0.4, 0.5) is 4.39 Å². The Hall–Kier alpha value is -2.71. The van der Waals surface area contributed by atoms with Crippen molar-refractivity contribution in [1.29, 1.82) is 0 Å². The summed E-state index contributed by atoms with van der Waals surface area (Å²) in [4.78, 5) is 27.6. The van der Waals surface area contributed by atoms with Crippen LogP contribution in [0, 0.1) is 12.7 Å². The Balaban J connectivity index is 1.62. The topological polar surface area (TPSA) is 101 Å². The number of amides is 2. The molecule has 0 fully saturated rings. The number of hydrogen-bond acceptors (Lipinski definition) is 5. The molecule has 2 amide bonds. The molecule has 1 aromatic heterocycles. The number of nitrogens with one attached hydrogen (secondary N) is 2. The number of ether oxygens (including phenoxy) is 1. The lowest BCUT2D eigenvalue weighted by atomic mass is 10.2. The smallest absolute Gasteiger partial charge is 0.269 e. The van der Waals surface area contributed by atoms with Crippen molar-refractivity contribution in [3.05, 3.63) is 58.6 Å². The van der Waals surface area contributed by atoms with E-state index in [2.05, 4.69) is 15.6 Å². The van der Waals surface area contributed by atoms with E-state index in [1.807, 2.05) is 6.92 Å². The lowest BCUT2D eigenvalue weighted by Gasteiger charge is -2.13. The van der Waals surface area contributed by atoms with Gasteiger partial charge in [0.2, 0.25) is 0 Å². The molecule has 0 unspecified atom stereocenters. The fourth-order valence-corrected chi connectivity index (χ4v) is 2.26. The molecule has 7 nitrogen and oxygen atoms in total. The Morgan fingerprint density at radius 3 is 2.75 bits per heavy atom. The second-order valence-corrected chi connectivity index (χ2v) is 6.50. The third kappa shape index (κ3) is 7.13. The van der Waals surface area contributed by atoms with Gasteiger partial charge in [-0.15, -0.1) is 0 Å². The van der Waals surface area contributed by atoms with Crippen LogP contribution in [0.15, 0.2) is 36.5 Å². The van der Waals surface area contributed by atoms with Gasteiger partial charge in [-0.05, 0) is 37.1 Å². The lowest BCUT2D eigenvalue weighted by Crippen LogP contribution is -2.37. The number of aryl methyl sites for hydroxylation is 1. The first kappa shape index (κ1) is 21.6. The minimum atomic E-state index is -0.844. The normalized spacial score (nSPS) is 11.6. The summed E-state index contributed by atoms with van der Waals surface area (Å²) in [5, 5.41) is 15.0. The van der Waals surface area contributed by atoms with Gasteiger partial charge in [-0.2, -0.15) is 0 Å². The molecule has 9 heteroatoms. The number of nitrogens with zero attached hydrogens (tertiary/aromatic N) is 1.